The molecule has 0 spiro atoms. The van der Waals surface area contributed by atoms with E-state index in [9.17, 15) is 4.79 Å². The smallest absolute Gasteiger partial charge is 0.335 e. The molecule has 76 valence electrons. The lowest BCUT2D eigenvalue weighted by atomic mass is 10.0. The zero-order valence-electron chi connectivity index (χ0n) is 6.37. The highest BCUT2D eigenvalue weighted by molar-refractivity contribution is 9.09. The average Bonchev–Trinajstić information content (AvgIpc) is 2.07. The Labute approximate surface area is 81.9 Å². The summed E-state index contributed by atoms with van der Waals surface area (Å²) >= 11 is 2.82. The van der Waals surface area contributed by atoms with Crippen LogP contribution in [0.15, 0.2) is 0 Å². The number of carbonyl (C=O) groups is 1. The Morgan fingerprint density at radius 1 is 1.15 bits per heavy atom. The molecule has 1 saturated heterocycles. The van der Waals surface area contributed by atoms with Crippen molar-refractivity contribution in [3.63, 3.8) is 0 Å². The minimum Gasteiger partial charge on any atom is -0.479 e. The fourth-order valence-electron chi connectivity index (χ4n) is 1.04. The van der Waals surface area contributed by atoms with Gasteiger partial charge in [-0.1, -0.05) is 15.9 Å². The van der Waals surface area contributed by atoms with E-state index in [-0.39, 0.29) is 0 Å². The number of ether oxygens (including phenoxy) is 1. The minimum atomic E-state index is -1.62. The molecule has 6 nitrogen and oxygen atoms in total. The van der Waals surface area contributed by atoms with Crippen LogP contribution < -0.4 is 0 Å². The Kier molecular flexibility index (Phi) is 3.25. The summed E-state index contributed by atoms with van der Waals surface area (Å²) < 4.78 is 4.70. The van der Waals surface area contributed by atoms with E-state index in [2.05, 4.69) is 15.9 Å². The second-order valence-corrected chi connectivity index (χ2v) is 3.62. The van der Waals surface area contributed by atoms with Crippen molar-refractivity contribution in [2.24, 2.45) is 0 Å². The van der Waals surface area contributed by atoms with E-state index < -0.39 is 35.4 Å². The first kappa shape index (κ1) is 10.9. The zero-order valence-corrected chi connectivity index (χ0v) is 7.96. The molecule has 7 heteroatoms. The summed E-state index contributed by atoms with van der Waals surface area (Å²) in [5, 5.41) is 35.0. The fraction of sp³-hybridized carbons (Fsp3) is 0.833. The van der Waals surface area contributed by atoms with E-state index in [1.165, 1.54) is 0 Å². The van der Waals surface area contributed by atoms with Crippen molar-refractivity contribution in [1.29, 1.82) is 0 Å². The van der Waals surface area contributed by atoms with E-state index >= 15 is 0 Å². The largest absolute Gasteiger partial charge is 0.479 e. The van der Waals surface area contributed by atoms with Gasteiger partial charge in [0.05, 0.1) is 0 Å². The molecule has 0 radical (unpaired) electrons. The summed E-state index contributed by atoms with van der Waals surface area (Å²) in [7, 11) is 0. The van der Waals surface area contributed by atoms with Crippen molar-refractivity contribution in [2.75, 3.05) is 0 Å². The first-order chi connectivity index (χ1) is 5.95. The molecule has 0 saturated carbocycles. The summed E-state index contributed by atoms with van der Waals surface area (Å²) in [5.41, 5.74) is 0. The number of carboxylic acids is 1. The molecule has 0 aromatic carbocycles. The second-order valence-electron chi connectivity index (χ2n) is 2.72. The highest BCUT2D eigenvalue weighted by atomic mass is 79.9. The molecule has 1 fully saturated rings. The van der Waals surface area contributed by atoms with E-state index in [4.69, 9.17) is 25.2 Å². The molecule has 0 unspecified atom stereocenters. The first-order valence-corrected chi connectivity index (χ1v) is 4.43. The van der Waals surface area contributed by atoms with Gasteiger partial charge in [0.1, 0.15) is 23.3 Å². The summed E-state index contributed by atoms with van der Waals surface area (Å²) in [6, 6.07) is 0. The molecule has 0 aromatic heterocycles. The third-order valence-electron chi connectivity index (χ3n) is 1.80. The molecular formula is C6H9BrO6. The number of halogens is 1. The van der Waals surface area contributed by atoms with Crippen LogP contribution in [0.1, 0.15) is 0 Å². The molecule has 5 atom stereocenters. The summed E-state index contributed by atoms with van der Waals surface area (Å²) in [6.45, 7) is 0. The maximum absolute atomic E-state index is 10.5. The number of alkyl halides is 1. The third kappa shape index (κ3) is 2.00. The van der Waals surface area contributed by atoms with E-state index in [0.29, 0.717) is 0 Å². The normalized spacial score (nSPS) is 46.0. The maximum atomic E-state index is 10.5. The van der Waals surface area contributed by atoms with Gasteiger partial charge in [0.15, 0.2) is 6.10 Å². The first-order valence-electron chi connectivity index (χ1n) is 3.51. The Bertz CT molecular complexity index is 209. The molecule has 1 heterocycles. The molecule has 0 amide bonds. The van der Waals surface area contributed by atoms with Gasteiger partial charge in [0.2, 0.25) is 0 Å². The summed E-state index contributed by atoms with van der Waals surface area (Å²) in [6.07, 6.45) is -6.02. The van der Waals surface area contributed by atoms with Gasteiger partial charge >= 0.3 is 5.97 Å². The lowest BCUT2D eigenvalue weighted by molar-refractivity contribution is -0.208. The number of hydrogen-bond donors (Lipinski definition) is 4. The monoisotopic (exact) mass is 256 g/mol. The van der Waals surface area contributed by atoms with Crippen LogP contribution in [0, 0.1) is 0 Å². The Morgan fingerprint density at radius 2 is 1.69 bits per heavy atom. The Balaban J connectivity index is 2.76. The Morgan fingerprint density at radius 3 is 2.15 bits per heavy atom. The molecule has 1 rings (SSSR count). The van der Waals surface area contributed by atoms with Crippen molar-refractivity contribution < 1.29 is 30.0 Å². The van der Waals surface area contributed by atoms with Gasteiger partial charge in [0, 0.05) is 0 Å². The summed E-state index contributed by atoms with van der Waals surface area (Å²) in [5.74, 6) is -1.39. The molecule has 0 bridgehead atoms. The van der Waals surface area contributed by atoms with Crippen molar-refractivity contribution in [3.8, 4) is 0 Å². The number of rotatable bonds is 1. The SMILES string of the molecule is O=C(O)[C@@H]1O[C@@H](Br)[C@H](O)[C@@H](O)[C@@H]1O. The van der Waals surface area contributed by atoms with Gasteiger partial charge < -0.3 is 25.2 Å². The highest BCUT2D eigenvalue weighted by Gasteiger charge is 2.45. The molecule has 13 heavy (non-hydrogen) atoms. The van der Waals surface area contributed by atoms with E-state index in [1.807, 2.05) is 0 Å². The van der Waals surface area contributed by atoms with Gasteiger partial charge in [-0.15, -0.1) is 0 Å². The van der Waals surface area contributed by atoms with Gasteiger partial charge in [-0.2, -0.15) is 0 Å². The second kappa shape index (κ2) is 3.89. The van der Waals surface area contributed by atoms with E-state index in [1.54, 1.807) is 0 Å². The third-order valence-corrected chi connectivity index (χ3v) is 2.56. The van der Waals surface area contributed by atoms with Crippen LogP contribution >= 0.6 is 15.9 Å². The predicted octanol–water partition coefficient (Wildman–Crippen LogP) is -1.73. The molecule has 1 aliphatic rings. The number of hydrogen-bond acceptors (Lipinski definition) is 5. The number of carboxylic acid groups (broad SMARTS) is 1. The minimum absolute atomic E-state index is 0.994. The quantitative estimate of drug-likeness (QED) is 0.416. The Hall–Kier alpha value is -0.210. The number of aliphatic hydroxyl groups excluding tert-OH is 3. The molecule has 0 aromatic rings. The maximum Gasteiger partial charge on any atom is 0.335 e. The molecule has 0 aliphatic carbocycles. The van der Waals surface area contributed by atoms with E-state index in [0.717, 1.165) is 0 Å². The zero-order chi connectivity index (χ0) is 10.2. The van der Waals surface area contributed by atoms with Crippen molar-refractivity contribution in [3.05, 3.63) is 0 Å². The highest BCUT2D eigenvalue weighted by Crippen LogP contribution is 2.24. The predicted molar refractivity (Wildman–Crippen MR) is 43.2 cm³/mol. The van der Waals surface area contributed by atoms with Crippen LogP contribution in [0.4, 0.5) is 0 Å². The average molecular weight is 257 g/mol. The van der Waals surface area contributed by atoms with Gasteiger partial charge in [-0.25, -0.2) is 4.79 Å². The standard InChI is InChI=1S/C6H9BrO6/c7-5-3(10)1(8)2(9)4(13-5)6(11)12/h1-5,8-10H,(H,11,12)/t1-,2-,3+,4+,5+/m0/s1. The number of aliphatic hydroxyl groups is 3. The van der Waals surface area contributed by atoms with Crippen LogP contribution in [0.2, 0.25) is 0 Å². The number of aliphatic carboxylic acids is 1. The van der Waals surface area contributed by atoms with Gasteiger partial charge in [0.25, 0.3) is 0 Å². The molecule has 1 aliphatic heterocycles. The lowest BCUT2D eigenvalue weighted by Gasteiger charge is -2.36. The topological polar surface area (TPSA) is 107 Å². The van der Waals surface area contributed by atoms with Crippen molar-refractivity contribution in [2.45, 2.75) is 29.4 Å². The molecular weight excluding hydrogens is 248 g/mol. The van der Waals surface area contributed by atoms with Crippen LogP contribution in [-0.2, 0) is 9.53 Å². The van der Waals surface area contributed by atoms with Crippen LogP contribution in [0.5, 0.6) is 0 Å². The summed E-state index contributed by atoms with van der Waals surface area (Å²) in [4.78, 5) is 10.5. The molecule has 4 N–H and O–H groups in total. The van der Waals surface area contributed by atoms with Crippen LogP contribution in [0.25, 0.3) is 0 Å². The van der Waals surface area contributed by atoms with Crippen LogP contribution in [0.3, 0.4) is 0 Å². The van der Waals surface area contributed by atoms with Crippen molar-refractivity contribution in [1.82, 2.24) is 0 Å². The van der Waals surface area contributed by atoms with Crippen molar-refractivity contribution >= 4 is 21.9 Å². The lowest BCUT2D eigenvalue weighted by Crippen LogP contribution is -2.58. The van der Waals surface area contributed by atoms with Gasteiger partial charge in [-0.3, -0.25) is 0 Å². The van der Waals surface area contributed by atoms with Gasteiger partial charge in [-0.05, 0) is 0 Å². The fourth-order valence-corrected chi connectivity index (χ4v) is 1.59. The van der Waals surface area contributed by atoms with Crippen LogP contribution in [-0.4, -0.2) is 55.8 Å².